The van der Waals surface area contributed by atoms with Crippen LogP contribution in [0.2, 0.25) is 0 Å². The molecule has 0 saturated heterocycles. The molecule has 0 fully saturated rings. The third-order valence-electron chi connectivity index (χ3n) is 2.08. The van der Waals surface area contributed by atoms with Gasteiger partial charge in [-0.1, -0.05) is 12.1 Å². The first-order valence-corrected chi connectivity index (χ1v) is 5.68. The Kier molecular flexibility index (Phi) is 6.14. The molecule has 0 radical (unpaired) electrons. The number of nitrogens with one attached hydrogen (secondary N) is 2. The van der Waals surface area contributed by atoms with E-state index in [-0.39, 0.29) is 18.7 Å². The van der Waals surface area contributed by atoms with Gasteiger partial charge in [-0.3, -0.25) is 4.39 Å². The maximum Gasteiger partial charge on any atom is 0.341 e. The van der Waals surface area contributed by atoms with E-state index in [9.17, 15) is 14.0 Å². The summed E-state index contributed by atoms with van der Waals surface area (Å²) in [6.45, 7) is -0.777. The van der Waals surface area contributed by atoms with Gasteiger partial charge in [-0.05, 0) is 18.6 Å². The summed E-state index contributed by atoms with van der Waals surface area (Å²) in [5.74, 6) is -0.854. The third-order valence-corrected chi connectivity index (χ3v) is 2.08. The number of halogens is 1. The molecule has 7 heteroatoms. The fraction of sp³-hybridized carbons (Fsp3) is 0.333. The Labute approximate surface area is 109 Å². The number of para-hydroxylation sites is 2. The van der Waals surface area contributed by atoms with E-state index in [2.05, 4.69) is 10.6 Å². The molecule has 0 heterocycles. The zero-order valence-electron chi connectivity index (χ0n) is 10.2. The molecule has 0 aliphatic heterocycles. The number of rotatable bonds is 7. The van der Waals surface area contributed by atoms with Gasteiger partial charge in [-0.15, -0.1) is 0 Å². The Morgan fingerprint density at radius 2 is 2.05 bits per heavy atom. The van der Waals surface area contributed by atoms with Crippen molar-refractivity contribution < 1.29 is 23.8 Å². The van der Waals surface area contributed by atoms with Gasteiger partial charge >= 0.3 is 12.0 Å². The Bertz CT molecular complexity index is 439. The van der Waals surface area contributed by atoms with Crippen LogP contribution in [0.25, 0.3) is 0 Å². The summed E-state index contributed by atoms with van der Waals surface area (Å²) < 4.78 is 16.9. The molecule has 3 N–H and O–H groups in total. The number of ether oxygens (including phenoxy) is 1. The number of anilines is 1. The quantitative estimate of drug-likeness (QED) is 0.657. The maximum absolute atomic E-state index is 11.9. The van der Waals surface area contributed by atoms with E-state index in [0.717, 1.165) is 0 Å². The summed E-state index contributed by atoms with van der Waals surface area (Å²) in [7, 11) is 0. The number of amides is 2. The van der Waals surface area contributed by atoms with E-state index in [0.29, 0.717) is 5.69 Å². The highest BCUT2D eigenvalue weighted by molar-refractivity contribution is 5.90. The minimum Gasteiger partial charge on any atom is -0.480 e. The van der Waals surface area contributed by atoms with Crippen LogP contribution in [-0.2, 0) is 4.79 Å². The van der Waals surface area contributed by atoms with Gasteiger partial charge < -0.3 is 20.5 Å². The van der Waals surface area contributed by atoms with E-state index in [1.165, 1.54) is 0 Å². The van der Waals surface area contributed by atoms with Gasteiger partial charge in [0.2, 0.25) is 0 Å². The second-order valence-corrected chi connectivity index (χ2v) is 3.60. The van der Waals surface area contributed by atoms with Crippen molar-refractivity contribution in [2.45, 2.75) is 6.42 Å². The number of benzene rings is 1. The second kappa shape index (κ2) is 7.91. The van der Waals surface area contributed by atoms with E-state index >= 15 is 0 Å². The molecule has 0 unspecified atom stereocenters. The van der Waals surface area contributed by atoms with Crippen LogP contribution in [-0.4, -0.2) is 36.9 Å². The van der Waals surface area contributed by atoms with Crippen molar-refractivity contribution in [3.63, 3.8) is 0 Å². The molecule has 1 aromatic rings. The number of carbonyl (C=O) groups excluding carboxylic acids is 1. The number of carboxylic acids is 1. The van der Waals surface area contributed by atoms with Crippen LogP contribution in [0, 0.1) is 0 Å². The lowest BCUT2D eigenvalue weighted by atomic mass is 10.3. The lowest BCUT2D eigenvalue weighted by Crippen LogP contribution is -2.30. The highest BCUT2D eigenvalue weighted by Gasteiger charge is 2.08. The first-order chi connectivity index (χ1) is 9.13. The van der Waals surface area contributed by atoms with Crippen molar-refractivity contribution in [2.75, 3.05) is 25.1 Å². The number of alkyl halides is 1. The predicted octanol–water partition coefficient (Wildman–Crippen LogP) is 1.63. The molecule has 19 heavy (non-hydrogen) atoms. The molecule has 0 aliphatic rings. The van der Waals surface area contributed by atoms with Crippen molar-refractivity contribution in [2.24, 2.45) is 0 Å². The molecule has 0 aliphatic carbocycles. The van der Waals surface area contributed by atoms with Crippen molar-refractivity contribution >= 4 is 17.7 Å². The first-order valence-electron chi connectivity index (χ1n) is 5.68. The van der Waals surface area contributed by atoms with Crippen LogP contribution in [0.3, 0.4) is 0 Å². The summed E-state index contributed by atoms with van der Waals surface area (Å²) in [6, 6.07) is 5.94. The number of carbonyl (C=O) groups is 2. The van der Waals surface area contributed by atoms with Crippen LogP contribution in [0.15, 0.2) is 24.3 Å². The summed E-state index contributed by atoms with van der Waals surface area (Å²) in [4.78, 5) is 21.9. The van der Waals surface area contributed by atoms with Gasteiger partial charge in [0.25, 0.3) is 0 Å². The lowest BCUT2D eigenvalue weighted by molar-refractivity contribution is -0.139. The van der Waals surface area contributed by atoms with Crippen LogP contribution < -0.4 is 15.4 Å². The topological polar surface area (TPSA) is 87.7 Å². The fourth-order valence-corrected chi connectivity index (χ4v) is 1.27. The summed E-state index contributed by atoms with van der Waals surface area (Å²) >= 11 is 0. The molecule has 6 nitrogen and oxygen atoms in total. The molecule has 0 saturated carbocycles. The Balaban J connectivity index is 2.56. The van der Waals surface area contributed by atoms with Gasteiger partial charge in [0, 0.05) is 6.54 Å². The van der Waals surface area contributed by atoms with Crippen LogP contribution in [0.4, 0.5) is 14.9 Å². The zero-order chi connectivity index (χ0) is 14.1. The highest BCUT2D eigenvalue weighted by Crippen LogP contribution is 2.23. The van der Waals surface area contributed by atoms with Gasteiger partial charge in [0.1, 0.15) is 5.75 Å². The van der Waals surface area contributed by atoms with E-state index in [1.807, 2.05) is 0 Å². The summed E-state index contributed by atoms with van der Waals surface area (Å²) in [5.41, 5.74) is 0.349. The summed E-state index contributed by atoms with van der Waals surface area (Å²) in [5, 5.41) is 13.5. The van der Waals surface area contributed by atoms with Crippen LogP contribution in [0.5, 0.6) is 5.75 Å². The van der Waals surface area contributed by atoms with Gasteiger partial charge in [0.05, 0.1) is 12.4 Å². The molecular weight excluding hydrogens is 255 g/mol. The number of urea groups is 1. The fourth-order valence-electron chi connectivity index (χ4n) is 1.27. The first kappa shape index (κ1) is 14.7. The van der Waals surface area contributed by atoms with Gasteiger partial charge in [-0.25, -0.2) is 9.59 Å². The third kappa shape index (κ3) is 5.71. The average molecular weight is 270 g/mol. The highest BCUT2D eigenvalue weighted by atomic mass is 19.1. The maximum atomic E-state index is 11.9. The van der Waals surface area contributed by atoms with E-state index < -0.39 is 25.3 Å². The van der Waals surface area contributed by atoms with Crippen molar-refractivity contribution in [3.8, 4) is 5.75 Å². The summed E-state index contributed by atoms with van der Waals surface area (Å²) in [6.07, 6.45) is 0.241. The molecule has 104 valence electrons. The zero-order valence-corrected chi connectivity index (χ0v) is 10.2. The smallest absolute Gasteiger partial charge is 0.341 e. The van der Waals surface area contributed by atoms with Gasteiger partial charge in [-0.2, -0.15) is 0 Å². The second-order valence-electron chi connectivity index (χ2n) is 3.60. The molecular formula is C12H15FN2O4. The largest absolute Gasteiger partial charge is 0.480 e. The molecule has 1 aromatic carbocycles. The van der Waals surface area contributed by atoms with E-state index in [1.54, 1.807) is 24.3 Å². The Morgan fingerprint density at radius 3 is 2.74 bits per heavy atom. The number of aliphatic carboxylic acids is 1. The average Bonchev–Trinajstić information content (AvgIpc) is 2.38. The minimum absolute atomic E-state index is 0.223. The number of carboxylic acid groups (broad SMARTS) is 1. The lowest BCUT2D eigenvalue weighted by Gasteiger charge is -2.11. The van der Waals surface area contributed by atoms with Crippen molar-refractivity contribution in [1.82, 2.24) is 5.32 Å². The number of hydrogen-bond acceptors (Lipinski definition) is 3. The normalized spacial score (nSPS) is 9.74. The molecule has 0 bridgehead atoms. The molecule has 2 amide bonds. The Morgan fingerprint density at radius 1 is 1.32 bits per heavy atom. The van der Waals surface area contributed by atoms with Crippen LogP contribution >= 0.6 is 0 Å². The molecule has 0 aromatic heterocycles. The van der Waals surface area contributed by atoms with E-state index in [4.69, 9.17) is 9.84 Å². The molecule has 1 rings (SSSR count). The van der Waals surface area contributed by atoms with Gasteiger partial charge in [0.15, 0.2) is 6.61 Å². The number of hydrogen-bond donors (Lipinski definition) is 3. The molecule has 0 spiro atoms. The predicted molar refractivity (Wildman–Crippen MR) is 67.2 cm³/mol. The SMILES string of the molecule is O=C(O)COc1ccccc1NC(=O)NCCCF. The monoisotopic (exact) mass is 270 g/mol. The van der Waals surface area contributed by atoms with Crippen LogP contribution in [0.1, 0.15) is 6.42 Å². The van der Waals surface area contributed by atoms with Crippen molar-refractivity contribution in [3.05, 3.63) is 24.3 Å². The standard InChI is InChI=1S/C12H15FN2O4/c13-6-3-7-14-12(18)15-9-4-1-2-5-10(9)19-8-11(16)17/h1-2,4-5H,3,6-8H2,(H,16,17)(H2,14,15,18). The molecule has 0 atom stereocenters. The minimum atomic E-state index is -1.11. The Hall–Kier alpha value is -2.31. The van der Waals surface area contributed by atoms with Crippen molar-refractivity contribution in [1.29, 1.82) is 0 Å².